The molecule has 0 aliphatic rings. The van der Waals surface area contributed by atoms with Gasteiger partial charge in [-0.15, -0.1) is 0 Å². The van der Waals surface area contributed by atoms with Crippen LogP contribution in [0.15, 0.2) is 41.7 Å². The molecule has 0 bridgehead atoms. The van der Waals surface area contributed by atoms with Gasteiger partial charge in [0, 0.05) is 19.2 Å². The quantitative estimate of drug-likeness (QED) is 0.290. The van der Waals surface area contributed by atoms with Gasteiger partial charge >= 0.3 is 6.09 Å². The predicted molar refractivity (Wildman–Crippen MR) is 94.9 cm³/mol. The minimum absolute atomic E-state index is 0.243. The van der Waals surface area contributed by atoms with Crippen LogP contribution in [0.4, 0.5) is 4.79 Å². The lowest BCUT2D eigenvalue weighted by Crippen LogP contribution is -2.24. The fourth-order valence-corrected chi connectivity index (χ4v) is 2.25. The van der Waals surface area contributed by atoms with E-state index < -0.39 is 6.09 Å². The topological polar surface area (TPSA) is 64.1 Å². The zero-order chi connectivity index (χ0) is 17.2. The summed E-state index contributed by atoms with van der Waals surface area (Å²) >= 11 is 7.43. The van der Waals surface area contributed by atoms with Crippen molar-refractivity contribution < 1.29 is 9.53 Å². The van der Waals surface area contributed by atoms with E-state index in [0.29, 0.717) is 28.8 Å². The van der Waals surface area contributed by atoms with E-state index in [-0.39, 0.29) is 6.61 Å². The minimum atomic E-state index is -0.466. The molecule has 7 heteroatoms. The third-order valence-corrected chi connectivity index (χ3v) is 3.71. The Balaban J connectivity index is 1.70. The number of hydrogen-bond donors (Lipinski definition) is 1. The van der Waals surface area contributed by atoms with Crippen molar-refractivity contribution in [2.24, 2.45) is 0 Å². The first-order valence-corrected chi connectivity index (χ1v) is 8.79. The summed E-state index contributed by atoms with van der Waals surface area (Å²) in [6.45, 7) is 0.634. The molecule has 0 saturated heterocycles. The van der Waals surface area contributed by atoms with Crippen LogP contribution in [0.1, 0.15) is 17.5 Å². The first-order chi connectivity index (χ1) is 11.7. The first-order valence-electron chi connectivity index (χ1n) is 7.19. The van der Waals surface area contributed by atoms with Crippen molar-refractivity contribution in [1.82, 2.24) is 15.3 Å². The average Bonchev–Trinajstić information content (AvgIpc) is 2.61. The van der Waals surface area contributed by atoms with Gasteiger partial charge in [-0.1, -0.05) is 65.5 Å². The molecule has 2 rings (SSSR count). The maximum absolute atomic E-state index is 11.5. The van der Waals surface area contributed by atoms with Crippen LogP contribution in [0.5, 0.6) is 0 Å². The second-order valence-electron chi connectivity index (χ2n) is 4.60. The fraction of sp³-hybridized carbons (Fsp3) is 0.235. The van der Waals surface area contributed by atoms with Crippen molar-refractivity contribution in [2.45, 2.75) is 18.2 Å². The number of nitrogens with one attached hydrogen (secondary N) is 1. The normalized spacial score (nSPS) is 9.75. The number of aromatic nitrogens is 2. The molecule has 0 atom stereocenters. The van der Waals surface area contributed by atoms with Gasteiger partial charge in [0.1, 0.15) is 11.8 Å². The van der Waals surface area contributed by atoms with Crippen LogP contribution >= 0.6 is 23.4 Å². The van der Waals surface area contributed by atoms with Gasteiger partial charge in [0.2, 0.25) is 0 Å². The zero-order valence-electron chi connectivity index (χ0n) is 13.1. The van der Waals surface area contributed by atoms with Gasteiger partial charge in [0.25, 0.3) is 0 Å². The Morgan fingerprint density at radius 3 is 2.88 bits per heavy atom. The van der Waals surface area contributed by atoms with Gasteiger partial charge in [0.05, 0.1) is 5.56 Å². The van der Waals surface area contributed by atoms with Crippen LogP contribution < -0.4 is 5.32 Å². The number of hydrogen-bond acceptors (Lipinski definition) is 5. The molecule has 0 unspecified atom stereocenters. The highest BCUT2D eigenvalue weighted by Crippen LogP contribution is 2.15. The Hall–Kier alpha value is -2.23. The zero-order valence-corrected chi connectivity index (χ0v) is 14.7. The van der Waals surface area contributed by atoms with Gasteiger partial charge in [-0.3, -0.25) is 0 Å². The molecule has 1 aromatic heterocycles. The van der Waals surface area contributed by atoms with Gasteiger partial charge in [-0.2, -0.15) is 0 Å². The summed E-state index contributed by atoms with van der Waals surface area (Å²) in [5.74, 6) is 5.81. The summed E-state index contributed by atoms with van der Waals surface area (Å²) in [6, 6.07) is 9.49. The number of ether oxygens (including phenoxy) is 1. The molecule has 0 spiro atoms. The predicted octanol–water partition coefficient (Wildman–Crippen LogP) is 3.52. The van der Waals surface area contributed by atoms with Crippen molar-refractivity contribution in [1.29, 1.82) is 0 Å². The van der Waals surface area contributed by atoms with Gasteiger partial charge < -0.3 is 10.1 Å². The molecule has 0 fully saturated rings. The highest BCUT2D eigenvalue weighted by Gasteiger charge is 2.02. The SMILES string of the molecule is CSc1ncc(C#CCCNC(=O)OCc2ccccc2)c(Cl)n1. The van der Waals surface area contributed by atoms with E-state index in [0.717, 1.165) is 5.56 Å². The van der Waals surface area contributed by atoms with E-state index >= 15 is 0 Å². The number of carbonyl (C=O) groups excluding carboxylic acids is 1. The second kappa shape index (κ2) is 9.81. The molecule has 0 saturated carbocycles. The smallest absolute Gasteiger partial charge is 0.407 e. The molecule has 1 amide bonds. The number of nitrogens with zero attached hydrogens (tertiary/aromatic N) is 2. The summed E-state index contributed by atoms with van der Waals surface area (Å²) in [6.07, 6.45) is 3.47. The fourth-order valence-electron chi connectivity index (χ4n) is 1.69. The third kappa shape index (κ3) is 6.11. The molecular formula is C17H16ClN3O2S. The highest BCUT2D eigenvalue weighted by molar-refractivity contribution is 7.98. The van der Waals surface area contributed by atoms with Gasteiger partial charge in [-0.25, -0.2) is 14.8 Å². The summed E-state index contributed by atoms with van der Waals surface area (Å²) in [4.78, 5) is 19.8. The van der Waals surface area contributed by atoms with Crippen LogP contribution in [-0.2, 0) is 11.3 Å². The molecule has 124 valence electrons. The Bertz CT molecular complexity index is 744. The van der Waals surface area contributed by atoms with Crippen LogP contribution in [-0.4, -0.2) is 28.9 Å². The van der Waals surface area contributed by atoms with Crippen LogP contribution in [0.3, 0.4) is 0 Å². The van der Waals surface area contributed by atoms with E-state index in [9.17, 15) is 4.79 Å². The monoisotopic (exact) mass is 361 g/mol. The Morgan fingerprint density at radius 1 is 1.38 bits per heavy atom. The third-order valence-electron chi connectivity index (χ3n) is 2.86. The van der Waals surface area contributed by atoms with E-state index in [1.165, 1.54) is 11.8 Å². The summed E-state index contributed by atoms with van der Waals surface area (Å²) < 4.78 is 5.10. The van der Waals surface area contributed by atoms with Crippen LogP contribution in [0.2, 0.25) is 5.15 Å². The summed E-state index contributed by atoms with van der Waals surface area (Å²) in [5, 5.41) is 3.58. The van der Waals surface area contributed by atoms with Crippen molar-refractivity contribution in [3.8, 4) is 11.8 Å². The molecule has 1 heterocycles. The van der Waals surface area contributed by atoms with E-state index in [1.807, 2.05) is 36.6 Å². The summed E-state index contributed by atoms with van der Waals surface area (Å²) in [7, 11) is 0. The van der Waals surface area contributed by atoms with Gasteiger partial charge in [-0.05, 0) is 11.8 Å². The number of halogens is 1. The average molecular weight is 362 g/mol. The molecule has 2 aromatic rings. The highest BCUT2D eigenvalue weighted by atomic mass is 35.5. The molecular weight excluding hydrogens is 346 g/mol. The second-order valence-corrected chi connectivity index (χ2v) is 5.73. The molecule has 0 aliphatic carbocycles. The number of alkyl carbamates (subject to hydrolysis) is 1. The van der Waals surface area contributed by atoms with E-state index in [2.05, 4.69) is 27.1 Å². The van der Waals surface area contributed by atoms with Crippen molar-refractivity contribution in [2.75, 3.05) is 12.8 Å². The molecule has 0 aliphatic heterocycles. The number of amides is 1. The van der Waals surface area contributed by atoms with E-state index in [4.69, 9.17) is 16.3 Å². The van der Waals surface area contributed by atoms with Crippen molar-refractivity contribution in [3.63, 3.8) is 0 Å². The number of thioether (sulfide) groups is 1. The minimum Gasteiger partial charge on any atom is -0.445 e. The van der Waals surface area contributed by atoms with Gasteiger partial charge in [0.15, 0.2) is 5.16 Å². The van der Waals surface area contributed by atoms with E-state index in [1.54, 1.807) is 6.20 Å². The lowest BCUT2D eigenvalue weighted by Gasteiger charge is -2.05. The maximum atomic E-state index is 11.5. The maximum Gasteiger partial charge on any atom is 0.407 e. The molecule has 0 radical (unpaired) electrons. The van der Waals surface area contributed by atoms with Crippen LogP contribution in [0.25, 0.3) is 0 Å². The first kappa shape index (κ1) is 18.1. The van der Waals surface area contributed by atoms with Crippen LogP contribution in [0, 0.1) is 11.8 Å². The molecule has 1 aromatic carbocycles. The standard InChI is InChI=1S/C17H16ClN3O2S/c1-24-16-20-11-14(15(18)21-16)9-5-6-10-19-17(22)23-12-13-7-3-2-4-8-13/h2-4,7-8,11H,6,10,12H2,1H3,(H,19,22). The Kier molecular flexibility index (Phi) is 7.40. The number of rotatable bonds is 5. The Labute approximate surface area is 150 Å². The molecule has 24 heavy (non-hydrogen) atoms. The Morgan fingerprint density at radius 2 is 2.17 bits per heavy atom. The lowest BCUT2D eigenvalue weighted by atomic mass is 10.2. The van der Waals surface area contributed by atoms with Crippen molar-refractivity contribution >= 4 is 29.5 Å². The largest absolute Gasteiger partial charge is 0.445 e. The van der Waals surface area contributed by atoms with Crippen molar-refractivity contribution in [3.05, 3.63) is 52.8 Å². The number of benzene rings is 1. The number of carbonyl (C=O) groups is 1. The lowest BCUT2D eigenvalue weighted by molar-refractivity contribution is 0.140. The molecule has 1 N–H and O–H groups in total. The molecule has 5 nitrogen and oxygen atoms in total. The summed E-state index contributed by atoms with van der Waals surface area (Å²) in [5.41, 5.74) is 1.51.